The summed E-state index contributed by atoms with van der Waals surface area (Å²) < 4.78 is 14.6. The van der Waals surface area contributed by atoms with Crippen LogP contribution in [0.15, 0.2) is 59.3 Å². The smallest absolute Gasteiger partial charge is 0.257 e. The molecule has 0 unspecified atom stereocenters. The Bertz CT molecular complexity index is 1280. The van der Waals surface area contributed by atoms with Crippen LogP contribution in [0.25, 0.3) is 0 Å². The average molecular weight is 595 g/mol. The third-order valence-corrected chi connectivity index (χ3v) is 9.14. The number of carbonyl (C=O) groups excluding carboxylic acids is 1. The lowest BCUT2D eigenvalue weighted by Gasteiger charge is -2.50. The lowest BCUT2D eigenvalue weighted by Crippen LogP contribution is -2.58. The average Bonchev–Trinajstić information content (AvgIpc) is 2.93. The lowest BCUT2D eigenvalue weighted by atomic mass is 9.85. The number of anilines is 1. The van der Waals surface area contributed by atoms with Crippen LogP contribution in [0, 0.1) is 19.7 Å². The van der Waals surface area contributed by atoms with Gasteiger partial charge in [0.05, 0.1) is 17.0 Å². The molecular formula is C31H37BrFN5O. The highest BCUT2D eigenvalue weighted by molar-refractivity contribution is 9.10. The summed E-state index contributed by atoms with van der Waals surface area (Å²) in [5.74, 6) is -0.152. The zero-order valence-corrected chi connectivity index (χ0v) is 24.6. The Labute approximate surface area is 239 Å². The first-order valence-electron chi connectivity index (χ1n) is 13.8. The third kappa shape index (κ3) is 6.17. The highest BCUT2D eigenvalue weighted by atomic mass is 79.9. The van der Waals surface area contributed by atoms with Crippen molar-refractivity contribution in [2.24, 2.45) is 0 Å². The Balaban J connectivity index is 1.23. The summed E-state index contributed by atoms with van der Waals surface area (Å²) in [5, 5.41) is 0. The van der Waals surface area contributed by atoms with Crippen molar-refractivity contribution >= 4 is 27.5 Å². The number of nitrogens with zero attached hydrogens (tertiary/aromatic N) is 5. The SMILES string of the molecule is Cc1ncnc(C)c1C(=O)N1CCC(C)(N2CCC(N(Cc3ccc(F)cc3)c3cccc(Br)c3)CC2)CC1. The third-order valence-electron chi connectivity index (χ3n) is 8.64. The van der Waals surface area contributed by atoms with Crippen molar-refractivity contribution in [2.45, 2.75) is 64.6 Å². The van der Waals surface area contributed by atoms with Crippen LogP contribution in [-0.4, -0.2) is 63.4 Å². The van der Waals surface area contributed by atoms with Gasteiger partial charge in [0.25, 0.3) is 5.91 Å². The van der Waals surface area contributed by atoms with E-state index in [0.717, 1.165) is 79.8 Å². The quantitative estimate of drug-likeness (QED) is 0.342. The molecule has 6 nitrogen and oxygen atoms in total. The first-order valence-corrected chi connectivity index (χ1v) is 14.6. The maximum Gasteiger partial charge on any atom is 0.257 e. The van der Waals surface area contributed by atoms with Gasteiger partial charge in [0.2, 0.25) is 0 Å². The summed E-state index contributed by atoms with van der Waals surface area (Å²) in [6.07, 6.45) is 5.56. The van der Waals surface area contributed by atoms with E-state index in [2.05, 4.69) is 60.8 Å². The maximum absolute atomic E-state index is 13.5. The second-order valence-corrected chi connectivity index (χ2v) is 12.1. The van der Waals surface area contributed by atoms with Gasteiger partial charge in [-0.05, 0) is 82.3 Å². The number of piperidine rings is 2. The number of amides is 1. The van der Waals surface area contributed by atoms with Crippen LogP contribution in [-0.2, 0) is 6.54 Å². The number of halogens is 2. The molecule has 0 radical (unpaired) electrons. The van der Waals surface area contributed by atoms with Crippen molar-refractivity contribution in [3.05, 3.63) is 87.7 Å². The Morgan fingerprint density at radius 1 is 1.03 bits per heavy atom. The molecule has 2 aromatic carbocycles. The summed E-state index contributed by atoms with van der Waals surface area (Å²) in [6, 6.07) is 15.7. The van der Waals surface area contributed by atoms with Crippen molar-refractivity contribution < 1.29 is 9.18 Å². The molecule has 0 bridgehead atoms. The molecule has 8 heteroatoms. The number of hydrogen-bond acceptors (Lipinski definition) is 5. The van der Waals surface area contributed by atoms with Crippen LogP contribution in [0.2, 0.25) is 0 Å². The Hall–Kier alpha value is -2.84. The zero-order valence-electron chi connectivity index (χ0n) is 23.0. The van der Waals surface area contributed by atoms with Crippen LogP contribution in [0.3, 0.4) is 0 Å². The molecule has 5 rings (SSSR count). The van der Waals surface area contributed by atoms with Gasteiger partial charge < -0.3 is 9.80 Å². The Morgan fingerprint density at radius 3 is 2.28 bits per heavy atom. The second-order valence-electron chi connectivity index (χ2n) is 11.2. The van der Waals surface area contributed by atoms with Crippen LogP contribution in [0.4, 0.5) is 10.1 Å². The van der Waals surface area contributed by atoms with E-state index >= 15 is 0 Å². The van der Waals surface area contributed by atoms with Gasteiger partial charge in [-0.1, -0.05) is 34.1 Å². The monoisotopic (exact) mass is 593 g/mol. The minimum Gasteiger partial charge on any atom is -0.364 e. The van der Waals surface area contributed by atoms with E-state index in [1.807, 2.05) is 36.9 Å². The van der Waals surface area contributed by atoms with E-state index in [-0.39, 0.29) is 17.3 Å². The summed E-state index contributed by atoms with van der Waals surface area (Å²) in [7, 11) is 0. The zero-order chi connectivity index (χ0) is 27.6. The highest BCUT2D eigenvalue weighted by Gasteiger charge is 2.39. The highest BCUT2D eigenvalue weighted by Crippen LogP contribution is 2.34. The molecule has 3 aromatic rings. The molecule has 2 fully saturated rings. The van der Waals surface area contributed by atoms with Gasteiger partial charge >= 0.3 is 0 Å². The molecule has 0 saturated carbocycles. The van der Waals surface area contributed by atoms with E-state index in [9.17, 15) is 9.18 Å². The molecule has 0 spiro atoms. The van der Waals surface area contributed by atoms with Crippen molar-refractivity contribution in [1.29, 1.82) is 0 Å². The van der Waals surface area contributed by atoms with E-state index < -0.39 is 0 Å². The normalized spacial score (nSPS) is 18.2. The number of aryl methyl sites for hydroxylation is 2. The van der Waals surface area contributed by atoms with Crippen LogP contribution in [0.5, 0.6) is 0 Å². The van der Waals surface area contributed by atoms with Gasteiger partial charge in [0, 0.05) is 54.5 Å². The second kappa shape index (κ2) is 11.7. The molecule has 1 amide bonds. The standard InChI is InChI=1S/C31H37BrFN5O/c1-22-29(23(2)35-21-34-22)30(39)36-17-13-31(3,14-18-36)37-15-11-27(12-16-37)38(28-6-4-5-25(32)19-28)20-24-7-9-26(33)10-8-24/h4-10,19,21,27H,11-18,20H2,1-3H3. The van der Waals surface area contributed by atoms with E-state index in [1.54, 1.807) is 12.1 Å². The minimum absolute atomic E-state index is 0.0526. The summed E-state index contributed by atoms with van der Waals surface area (Å²) in [6.45, 7) is 10.4. The summed E-state index contributed by atoms with van der Waals surface area (Å²) in [4.78, 5) is 28.9. The van der Waals surface area contributed by atoms with Crippen LogP contribution < -0.4 is 4.90 Å². The maximum atomic E-state index is 13.5. The lowest BCUT2D eigenvalue weighted by molar-refractivity contribution is 0.0170. The fraction of sp³-hybridized carbons (Fsp3) is 0.452. The van der Waals surface area contributed by atoms with E-state index in [4.69, 9.17) is 0 Å². The number of likely N-dealkylation sites (tertiary alicyclic amines) is 2. The number of rotatable bonds is 6. The van der Waals surface area contributed by atoms with Gasteiger partial charge in [-0.15, -0.1) is 0 Å². The van der Waals surface area contributed by atoms with Gasteiger partial charge in [-0.3, -0.25) is 9.69 Å². The summed E-state index contributed by atoms with van der Waals surface area (Å²) in [5.41, 5.74) is 4.52. The first-order chi connectivity index (χ1) is 18.7. The number of hydrogen-bond donors (Lipinski definition) is 0. The van der Waals surface area contributed by atoms with Gasteiger partial charge in [-0.25, -0.2) is 14.4 Å². The fourth-order valence-electron chi connectivity index (χ4n) is 6.16. The molecule has 0 aliphatic carbocycles. The van der Waals surface area contributed by atoms with Crippen molar-refractivity contribution in [2.75, 3.05) is 31.1 Å². The van der Waals surface area contributed by atoms with Gasteiger partial charge in [-0.2, -0.15) is 0 Å². The van der Waals surface area contributed by atoms with E-state index in [0.29, 0.717) is 11.6 Å². The van der Waals surface area contributed by atoms with E-state index in [1.165, 1.54) is 12.0 Å². The number of benzene rings is 2. The molecule has 206 valence electrons. The molecule has 39 heavy (non-hydrogen) atoms. The molecule has 2 saturated heterocycles. The largest absolute Gasteiger partial charge is 0.364 e. The van der Waals surface area contributed by atoms with Crippen molar-refractivity contribution in [3.63, 3.8) is 0 Å². The summed E-state index contributed by atoms with van der Waals surface area (Å²) >= 11 is 3.64. The number of aromatic nitrogens is 2. The first kappa shape index (κ1) is 27.7. The number of carbonyl (C=O) groups is 1. The molecular weight excluding hydrogens is 557 g/mol. The van der Waals surface area contributed by atoms with Crippen LogP contribution >= 0.6 is 15.9 Å². The predicted molar refractivity (Wildman–Crippen MR) is 156 cm³/mol. The predicted octanol–water partition coefficient (Wildman–Crippen LogP) is 6.16. The molecule has 0 atom stereocenters. The Kier molecular flexibility index (Phi) is 8.33. The molecule has 1 aromatic heterocycles. The minimum atomic E-state index is -0.204. The molecule has 3 heterocycles. The molecule has 2 aliphatic rings. The van der Waals surface area contributed by atoms with Gasteiger partial charge in [0.15, 0.2) is 0 Å². The Morgan fingerprint density at radius 2 is 1.67 bits per heavy atom. The topological polar surface area (TPSA) is 52.6 Å². The van der Waals surface area contributed by atoms with Gasteiger partial charge in [0.1, 0.15) is 12.1 Å². The van der Waals surface area contributed by atoms with Crippen LogP contribution in [0.1, 0.15) is 59.9 Å². The van der Waals surface area contributed by atoms with Crippen molar-refractivity contribution in [3.8, 4) is 0 Å². The fourth-order valence-corrected chi connectivity index (χ4v) is 6.55. The van der Waals surface area contributed by atoms with Crippen molar-refractivity contribution in [1.82, 2.24) is 19.8 Å². The molecule has 2 aliphatic heterocycles. The molecule has 0 N–H and O–H groups in total.